The largest absolute Gasteiger partial charge is 0.399 e. The number of nitrogens with two attached hydrogens (primary N) is 1. The van der Waals surface area contributed by atoms with Crippen molar-refractivity contribution in [2.24, 2.45) is 0 Å². The normalized spacial score (nSPS) is 10.2. The number of aryl methyl sites for hydroxylation is 1. The zero-order valence-electron chi connectivity index (χ0n) is 10.3. The molecule has 0 bridgehead atoms. The minimum Gasteiger partial charge on any atom is -0.399 e. The number of hydrogen-bond donors (Lipinski definition) is 2. The van der Waals surface area contributed by atoms with Crippen molar-refractivity contribution in [3.05, 3.63) is 52.8 Å². The number of rotatable bonds is 4. The molecule has 4 nitrogen and oxygen atoms in total. The molecule has 3 N–H and O–H groups in total. The van der Waals surface area contributed by atoms with Gasteiger partial charge in [0.15, 0.2) is 0 Å². The van der Waals surface area contributed by atoms with Gasteiger partial charge in [-0.05, 0) is 46.1 Å². The van der Waals surface area contributed by atoms with E-state index in [-0.39, 0.29) is 5.91 Å². The molecule has 0 saturated carbocycles. The van der Waals surface area contributed by atoms with Crippen LogP contribution in [-0.4, -0.2) is 10.9 Å². The Balaban J connectivity index is 1.90. The molecule has 0 aliphatic carbocycles. The number of hydrogen-bond acceptors (Lipinski definition) is 3. The molecule has 1 heterocycles. The lowest BCUT2D eigenvalue weighted by Crippen LogP contribution is -2.12. The zero-order valence-corrected chi connectivity index (χ0v) is 11.9. The monoisotopic (exact) mass is 319 g/mol. The highest BCUT2D eigenvalue weighted by atomic mass is 79.9. The molecule has 0 fully saturated rings. The fraction of sp³-hybridized carbons (Fsp3) is 0.143. The fourth-order valence-corrected chi connectivity index (χ4v) is 2.05. The number of nitrogens with one attached hydrogen (secondary N) is 1. The van der Waals surface area contributed by atoms with Crippen LogP contribution in [-0.2, 0) is 11.2 Å². The van der Waals surface area contributed by atoms with Crippen molar-refractivity contribution >= 4 is 33.2 Å². The maximum Gasteiger partial charge on any atom is 0.224 e. The summed E-state index contributed by atoms with van der Waals surface area (Å²) < 4.78 is 0.771. The third-order valence-electron chi connectivity index (χ3n) is 2.64. The molecule has 0 spiro atoms. The van der Waals surface area contributed by atoms with Gasteiger partial charge in [-0.2, -0.15) is 0 Å². The van der Waals surface area contributed by atoms with Crippen LogP contribution in [0.15, 0.2) is 47.2 Å². The summed E-state index contributed by atoms with van der Waals surface area (Å²) in [5.41, 5.74) is 8.20. The lowest BCUT2D eigenvalue weighted by molar-refractivity contribution is -0.116. The Hall–Kier alpha value is -1.88. The lowest BCUT2D eigenvalue weighted by atomic mass is 10.1. The van der Waals surface area contributed by atoms with Gasteiger partial charge in [0.05, 0.1) is 10.2 Å². The number of pyridine rings is 1. The fourth-order valence-electron chi connectivity index (χ4n) is 1.70. The minimum atomic E-state index is -0.0330. The summed E-state index contributed by atoms with van der Waals surface area (Å²) >= 11 is 3.34. The molecule has 98 valence electrons. The molecule has 0 radical (unpaired) electrons. The van der Waals surface area contributed by atoms with Crippen molar-refractivity contribution in [3.8, 4) is 0 Å². The molecule has 2 aromatic rings. The predicted octanol–water partition coefficient (Wildman–Crippen LogP) is 3.00. The van der Waals surface area contributed by atoms with Gasteiger partial charge in [0.25, 0.3) is 0 Å². The third-order valence-corrected chi connectivity index (χ3v) is 3.27. The van der Waals surface area contributed by atoms with Crippen LogP contribution >= 0.6 is 15.9 Å². The number of amides is 1. The van der Waals surface area contributed by atoms with E-state index in [1.54, 1.807) is 18.5 Å². The molecular formula is C14H14BrN3O. The predicted molar refractivity (Wildman–Crippen MR) is 79.7 cm³/mol. The third kappa shape index (κ3) is 4.06. The quantitative estimate of drug-likeness (QED) is 0.851. The van der Waals surface area contributed by atoms with Crippen LogP contribution in [0.3, 0.4) is 0 Å². The van der Waals surface area contributed by atoms with E-state index in [0.29, 0.717) is 12.8 Å². The molecule has 1 aromatic carbocycles. The average molecular weight is 320 g/mol. The van der Waals surface area contributed by atoms with Gasteiger partial charge < -0.3 is 11.1 Å². The summed E-state index contributed by atoms with van der Waals surface area (Å²) in [6.07, 6.45) is 4.36. The number of benzene rings is 1. The van der Waals surface area contributed by atoms with E-state index >= 15 is 0 Å². The molecule has 0 aliphatic rings. The summed E-state index contributed by atoms with van der Waals surface area (Å²) in [5, 5.41) is 2.84. The minimum absolute atomic E-state index is 0.0330. The second kappa shape index (κ2) is 6.33. The Bertz CT molecular complexity index is 586. The molecule has 2 rings (SSSR count). The standard InChI is InChI=1S/C14H14BrN3O/c15-12-9-17-7-6-13(12)18-14(19)5-4-10-2-1-3-11(16)8-10/h1-3,6-9H,4-5,16H2,(H,17,18,19). The van der Waals surface area contributed by atoms with Crippen molar-refractivity contribution < 1.29 is 4.79 Å². The molecule has 0 aliphatic heterocycles. The van der Waals surface area contributed by atoms with Gasteiger partial charge in [0, 0.05) is 24.5 Å². The van der Waals surface area contributed by atoms with Crippen LogP contribution in [0.1, 0.15) is 12.0 Å². The van der Waals surface area contributed by atoms with E-state index in [0.717, 1.165) is 21.4 Å². The van der Waals surface area contributed by atoms with Crippen LogP contribution in [0.25, 0.3) is 0 Å². The zero-order chi connectivity index (χ0) is 13.7. The molecule has 1 amide bonds. The lowest BCUT2D eigenvalue weighted by Gasteiger charge is -2.07. The number of aromatic nitrogens is 1. The van der Waals surface area contributed by atoms with Gasteiger partial charge in [-0.3, -0.25) is 9.78 Å². The molecule has 1 aromatic heterocycles. The molecule has 0 unspecified atom stereocenters. The Morgan fingerprint density at radius 3 is 2.95 bits per heavy atom. The van der Waals surface area contributed by atoms with Crippen molar-refractivity contribution in [2.45, 2.75) is 12.8 Å². The SMILES string of the molecule is Nc1cccc(CCC(=O)Nc2ccncc2Br)c1. The van der Waals surface area contributed by atoms with Gasteiger partial charge in [-0.15, -0.1) is 0 Å². The van der Waals surface area contributed by atoms with Crippen LogP contribution in [0.5, 0.6) is 0 Å². The van der Waals surface area contributed by atoms with Gasteiger partial charge in [0.1, 0.15) is 0 Å². The molecular weight excluding hydrogens is 306 g/mol. The van der Waals surface area contributed by atoms with E-state index in [1.807, 2.05) is 24.3 Å². The van der Waals surface area contributed by atoms with Gasteiger partial charge in [-0.1, -0.05) is 12.1 Å². The Morgan fingerprint density at radius 1 is 1.37 bits per heavy atom. The maximum absolute atomic E-state index is 11.8. The number of anilines is 2. The summed E-state index contributed by atoms with van der Waals surface area (Å²) in [4.78, 5) is 15.8. The first-order chi connectivity index (χ1) is 9.15. The number of carbonyl (C=O) groups excluding carboxylic acids is 1. The first kappa shape index (κ1) is 13.5. The molecule has 0 atom stereocenters. The van der Waals surface area contributed by atoms with Gasteiger partial charge in [0.2, 0.25) is 5.91 Å². The smallest absolute Gasteiger partial charge is 0.224 e. The first-order valence-electron chi connectivity index (χ1n) is 5.89. The Kier molecular flexibility index (Phi) is 4.52. The second-order valence-electron chi connectivity index (χ2n) is 4.15. The van der Waals surface area contributed by atoms with Crippen molar-refractivity contribution in [2.75, 3.05) is 11.1 Å². The molecule has 19 heavy (non-hydrogen) atoms. The highest BCUT2D eigenvalue weighted by molar-refractivity contribution is 9.10. The van der Waals surface area contributed by atoms with E-state index in [9.17, 15) is 4.79 Å². The second-order valence-corrected chi connectivity index (χ2v) is 5.00. The number of halogens is 1. The van der Waals surface area contributed by atoms with Gasteiger partial charge >= 0.3 is 0 Å². The van der Waals surface area contributed by atoms with Crippen molar-refractivity contribution in [1.82, 2.24) is 4.98 Å². The van der Waals surface area contributed by atoms with E-state index < -0.39 is 0 Å². The summed E-state index contributed by atoms with van der Waals surface area (Å²) in [7, 11) is 0. The average Bonchev–Trinajstić information content (AvgIpc) is 2.39. The van der Waals surface area contributed by atoms with E-state index in [1.165, 1.54) is 0 Å². The Morgan fingerprint density at radius 2 is 2.21 bits per heavy atom. The topological polar surface area (TPSA) is 68.0 Å². The van der Waals surface area contributed by atoms with E-state index in [2.05, 4.69) is 26.2 Å². The van der Waals surface area contributed by atoms with Crippen LogP contribution in [0.2, 0.25) is 0 Å². The first-order valence-corrected chi connectivity index (χ1v) is 6.68. The van der Waals surface area contributed by atoms with Crippen molar-refractivity contribution in [3.63, 3.8) is 0 Å². The summed E-state index contributed by atoms with van der Waals surface area (Å²) in [6, 6.07) is 9.32. The van der Waals surface area contributed by atoms with Crippen LogP contribution in [0, 0.1) is 0 Å². The highest BCUT2D eigenvalue weighted by Crippen LogP contribution is 2.20. The summed E-state index contributed by atoms with van der Waals surface area (Å²) in [6.45, 7) is 0. The Labute approximate surface area is 120 Å². The van der Waals surface area contributed by atoms with Gasteiger partial charge in [-0.25, -0.2) is 0 Å². The molecule has 5 heteroatoms. The number of carbonyl (C=O) groups is 1. The summed E-state index contributed by atoms with van der Waals surface area (Å²) in [5.74, 6) is -0.0330. The maximum atomic E-state index is 11.8. The van der Waals surface area contributed by atoms with E-state index in [4.69, 9.17) is 5.73 Å². The highest BCUT2D eigenvalue weighted by Gasteiger charge is 2.05. The molecule has 0 saturated heterocycles. The number of nitrogens with zero attached hydrogens (tertiary/aromatic N) is 1. The van der Waals surface area contributed by atoms with Crippen LogP contribution < -0.4 is 11.1 Å². The van der Waals surface area contributed by atoms with Crippen molar-refractivity contribution in [1.29, 1.82) is 0 Å². The van der Waals surface area contributed by atoms with Crippen LogP contribution in [0.4, 0.5) is 11.4 Å². The number of nitrogen functional groups attached to an aromatic ring is 1.